The smallest absolute Gasteiger partial charge is 0.165 e. The molecule has 1 saturated heterocycles. The van der Waals surface area contributed by atoms with Crippen LogP contribution in [0, 0.1) is 11.7 Å². The molecule has 1 aromatic rings. The number of benzene rings is 1. The summed E-state index contributed by atoms with van der Waals surface area (Å²) in [4.78, 5) is 0. The Kier molecular flexibility index (Phi) is 3.97. The predicted molar refractivity (Wildman–Crippen MR) is 63.7 cm³/mol. The number of nitrogens with one attached hydrogen (secondary N) is 1. The van der Waals surface area contributed by atoms with E-state index in [0.29, 0.717) is 11.7 Å². The van der Waals surface area contributed by atoms with Crippen LogP contribution in [0.2, 0.25) is 0 Å². The lowest BCUT2D eigenvalue weighted by Gasteiger charge is -2.22. The van der Waals surface area contributed by atoms with E-state index in [4.69, 9.17) is 9.47 Å². The molecule has 94 valence electrons. The van der Waals surface area contributed by atoms with Gasteiger partial charge in [0.1, 0.15) is 0 Å². The molecule has 0 bridgehead atoms. The first-order valence-corrected chi connectivity index (χ1v) is 5.84. The summed E-state index contributed by atoms with van der Waals surface area (Å²) in [6.45, 7) is 1.56. The van der Waals surface area contributed by atoms with Gasteiger partial charge in [-0.1, -0.05) is 6.07 Å². The third kappa shape index (κ3) is 2.58. The van der Waals surface area contributed by atoms with Crippen LogP contribution in [-0.2, 0) is 4.74 Å². The van der Waals surface area contributed by atoms with Crippen molar-refractivity contribution in [1.29, 1.82) is 0 Å². The van der Waals surface area contributed by atoms with Crippen molar-refractivity contribution >= 4 is 0 Å². The van der Waals surface area contributed by atoms with Crippen LogP contribution < -0.4 is 10.1 Å². The molecule has 0 amide bonds. The molecule has 0 spiro atoms. The summed E-state index contributed by atoms with van der Waals surface area (Å²) >= 11 is 0. The average Bonchev–Trinajstić information content (AvgIpc) is 2.86. The van der Waals surface area contributed by atoms with E-state index in [2.05, 4.69) is 5.32 Å². The maximum absolute atomic E-state index is 13.3. The SMILES string of the molecule is CNC(c1ccc(F)c(OC)c1)C1CCOC1. The molecule has 4 heteroatoms. The van der Waals surface area contributed by atoms with Crippen molar-refractivity contribution in [3.05, 3.63) is 29.6 Å². The molecule has 0 aromatic heterocycles. The molecule has 1 heterocycles. The number of hydrogen-bond donors (Lipinski definition) is 1. The van der Waals surface area contributed by atoms with Gasteiger partial charge in [0.2, 0.25) is 0 Å². The van der Waals surface area contributed by atoms with Gasteiger partial charge in [-0.2, -0.15) is 0 Å². The van der Waals surface area contributed by atoms with E-state index in [9.17, 15) is 4.39 Å². The summed E-state index contributed by atoms with van der Waals surface area (Å²) in [5.74, 6) is 0.408. The van der Waals surface area contributed by atoms with E-state index in [1.54, 1.807) is 12.1 Å². The zero-order valence-corrected chi connectivity index (χ0v) is 10.2. The van der Waals surface area contributed by atoms with Crippen LogP contribution in [0.15, 0.2) is 18.2 Å². The van der Waals surface area contributed by atoms with Gasteiger partial charge in [-0.15, -0.1) is 0 Å². The van der Waals surface area contributed by atoms with Crippen LogP contribution in [-0.4, -0.2) is 27.4 Å². The minimum atomic E-state index is -0.325. The van der Waals surface area contributed by atoms with E-state index in [1.165, 1.54) is 13.2 Å². The molecule has 1 N–H and O–H groups in total. The minimum absolute atomic E-state index is 0.187. The molecular weight excluding hydrogens is 221 g/mol. The third-order valence-corrected chi connectivity index (χ3v) is 3.28. The topological polar surface area (TPSA) is 30.5 Å². The fraction of sp³-hybridized carbons (Fsp3) is 0.538. The van der Waals surface area contributed by atoms with Gasteiger partial charge in [-0.25, -0.2) is 4.39 Å². The van der Waals surface area contributed by atoms with Crippen LogP contribution in [0.25, 0.3) is 0 Å². The Labute approximate surface area is 101 Å². The molecule has 2 unspecified atom stereocenters. The first kappa shape index (κ1) is 12.3. The van der Waals surface area contributed by atoms with Gasteiger partial charge in [-0.3, -0.25) is 0 Å². The van der Waals surface area contributed by atoms with Gasteiger partial charge >= 0.3 is 0 Å². The zero-order chi connectivity index (χ0) is 12.3. The fourth-order valence-corrected chi connectivity index (χ4v) is 2.36. The van der Waals surface area contributed by atoms with E-state index in [-0.39, 0.29) is 11.9 Å². The van der Waals surface area contributed by atoms with Crippen LogP contribution in [0.5, 0.6) is 5.75 Å². The second kappa shape index (κ2) is 5.47. The highest BCUT2D eigenvalue weighted by Crippen LogP contribution is 2.31. The largest absolute Gasteiger partial charge is 0.494 e. The molecular formula is C13H18FNO2. The van der Waals surface area contributed by atoms with Gasteiger partial charge in [0.05, 0.1) is 13.7 Å². The van der Waals surface area contributed by atoms with Crippen molar-refractivity contribution in [2.24, 2.45) is 5.92 Å². The van der Waals surface area contributed by atoms with Gasteiger partial charge in [0.25, 0.3) is 0 Å². The maximum atomic E-state index is 13.3. The lowest BCUT2D eigenvalue weighted by molar-refractivity contribution is 0.177. The summed E-state index contributed by atoms with van der Waals surface area (Å²) in [6, 6.07) is 5.20. The Morgan fingerprint density at radius 2 is 2.35 bits per heavy atom. The molecule has 1 fully saturated rings. The first-order valence-electron chi connectivity index (χ1n) is 5.84. The van der Waals surface area contributed by atoms with E-state index in [1.807, 2.05) is 7.05 Å². The van der Waals surface area contributed by atoms with Crippen LogP contribution in [0.3, 0.4) is 0 Å². The van der Waals surface area contributed by atoms with Gasteiger partial charge < -0.3 is 14.8 Å². The number of ether oxygens (including phenoxy) is 2. The van der Waals surface area contributed by atoms with Crippen LogP contribution >= 0.6 is 0 Å². The highest BCUT2D eigenvalue weighted by atomic mass is 19.1. The number of methoxy groups -OCH3 is 1. The lowest BCUT2D eigenvalue weighted by Crippen LogP contribution is -2.25. The second-order valence-electron chi connectivity index (χ2n) is 4.28. The molecule has 2 rings (SSSR count). The van der Waals surface area contributed by atoms with Crippen LogP contribution in [0.1, 0.15) is 18.0 Å². The molecule has 17 heavy (non-hydrogen) atoms. The molecule has 0 aliphatic carbocycles. The molecule has 0 saturated carbocycles. The fourth-order valence-electron chi connectivity index (χ4n) is 2.36. The van der Waals surface area contributed by atoms with E-state index < -0.39 is 0 Å². The molecule has 1 aromatic carbocycles. The summed E-state index contributed by atoms with van der Waals surface area (Å²) in [5.41, 5.74) is 1.04. The summed E-state index contributed by atoms with van der Waals surface area (Å²) < 4.78 is 23.7. The highest BCUT2D eigenvalue weighted by Gasteiger charge is 2.26. The second-order valence-corrected chi connectivity index (χ2v) is 4.28. The molecule has 1 aliphatic rings. The number of halogens is 1. The lowest BCUT2D eigenvalue weighted by atomic mass is 9.92. The van der Waals surface area contributed by atoms with Gasteiger partial charge in [0.15, 0.2) is 11.6 Å². The van der Waals surface area contributed by atoms with E-state index in [0.717, 1.165) is 25.2 Å². The van der Waals surface area contributed by atoms with Crippen molar-refractivity contribution in [2.45, 2.75) is 12.5 Å². The Morgan fingerprint density at radius 1 is 1.53 bits per heavy atom. The Bertz CT molecular complexity index is 378. The zero-order valence-electron chi connectivity index (χ0n) is 10.2. The van der Waals surface area contributed by atoms with Crippen molar-refractivity contribution in [3.8, 4) is 5.75 Å². The summed E-state index contributed by atoms with van der Waals surface area (Å²) in [7, 11) is 3.40. The summed E-state index contributed by atoms with van der Waals surface area (Å²) in [6.07, 6.45) is 1.03. The standard InChI is InChI=1S/C13H18FNO2/c1-15-13(10-5-6-17-8-10)9-3-4-11(14)12(7-9)16-2/h3-4,7,10,13,15H,5-6,8H2,1-2H3. The number of hydrogen-bond acceptors (Lipinski definition) is 3. The van der Waals surface area contributed by atoms with Crippen molar-refractivity contribution in [2.75, 3.05) is 27.4 Å². The highest BCUT2D eigenvalue weighted by molar-refractivity contribution is 5.32. The normalized spacial score (nSPS) is 21.5. The van der Waals surface area contributed by atoms with E-state index >= 15 is 0 Å². The van der Waals surface area contributed by atoms with Crippen LogP contribution in [0.4, 0.5) is 4.39 Å². The Morgan fingerprint density at radius 3 is 2.94 bits per heavy atom. The Hall–Kier alpha value is -1.13. The van der Waals surface area contributed by atoms with Gasteiger partial charge in [0, 0.05) is 18.6 Å². The molecule has 1 aliphatic heterocycles. The molecule has 2 atom stereocenters. The third-order valence-electron chi connectivity index (χ3n) is 3.28. The number of rotatable bonds is 4. The summed E-state index contributed by atoms with van der Waals surface area (Å²) in [5, 5.41) is 3.27. The first-order chi connectivity index (χ1) is 8.26. The van der Waals surface area contributed by atoms with Crippen molar-refractivity contribution in [3.63, 3.8) is 0 Å². The van der Waals surface area contributed by atoms with Crippen molar-refractivity contribution < 1.29 is 13.9 Å². The monoisotopic (exact) mass is 239 g/mol. The quantitative estimate of drug-likeness (QED) is 0.873. The molecule has 3 nitrogen and oxygen atoms in total. The van der Waals surface area contributed by atoms with Gasteiger partial charge in [-0.05, 0) is 31.2 Å². The van der Waals surface area contributed by atoms with Crippen molar-refractivity contribution in [1.82, 2.24) is 5.32 Å². The molecule has 0 radical (unpaired) electrons. The minimum Gasteiger partial charge on any atom is -0.494 e. The average molecular weight is 239 g/mol. The Balaban J connectivity index is 2.23. The maximum Gasteiger partial charge on any atom is 0.165 e. The predicted octanol–water partition coefficient (Wildman–Crippen LogP) is 2.13.